The van der Waals surface area contributed by atoms with Crippen molar-refractivity contribution in [2.75, 3.05) is 31.5 Å². The zero-order valence-electron chi connectivity index (χ0n) is 10.6. The average molecular weight is 250 g/mol. The second kappa shape index (κ2) is 6.73. The van der Waals surface area contributed by atoms with Crippen LogP contribution < -0.4 is 5.32 Å². The fraction of sp³-hybridized carbons (Fsp3) is 0.571. The first-order valence-electron chi connectivity index (χ1n) is 6.61. The van der Waals surface area contributed by atoms with E-state index in [0.29, 0.717) is 19.6 Å². The second-order valence-corrected chi connectivity index (χ2v) is 4.96. The molecule has 0 amide bonds. The van der Waals surface area contributed by atoms with Gasteiger partial charge in [-0.3, -0.25) is 4.90 Å². The van der Waals surface area contributed by atoms with Gasteiger partial charge in [0.25, 0.3) is 0 Å². The highest BCUT2D eigenvalue weighted by molar-refractivity contribution is 5.42. The first-order valence-corrected chi connectivity index (χ1v) is 6.61. The molecule has 2 atom stereocenters. The lowest BCUT2D eigenvalue weighted by Gasteiger charge is -2.31. The van der Waals surface area contributed by atoms with Gasteiger partial charge < -0.3 is 15.5 Å². The molecule has 100 valence electrons. The number of rotatable bonds is 5. The molecule has 18 heavy (non-hydrogen) atoms. The van der Waals surface area contributed by atoms with Gasteiger partial charge in [-0.25, -0.2) is 0 Å². The lowest BCUT2D eigenvalue weighted by molar-refractivity contribution is 0.0428. The Kier molecular flexibility index (Phi) is 4.99. The van der Waals surface area contributed by atoms with Crippen LogP contribution in [-0.2, 0) is 0 Å². The number of piperidine rings is 1. The molecule has 1 saturated heterocycles. The van der Waals surface area contributed by atoms with E-state index in [0.717, 1.165) is 25.1 Å². The van der Waals surface area contributed by atoms with E-state index in [2.05, 4.69) is 10.2 Å². The number of likely N-dealkylation sites (tertiary alicyclic amines) is 1. The molecule has 1 aliphatic heterocycles. The Hall–Kier alpha value is -1.10. The van der Waals surface area contributed by atoms with Gasteiger partial charge in [-0.2, -0.15) is 0 Å². The van der Waals surface area contributed by atoms with Gasteiger partial charge in [0.05, 0.1) is 12.2 Å². The number of nitrogens with zero attached hydrogens (tertiary/aromatic N) is 1. The molecule has 4 heteroatoms. The van der Waals surface area contributed by atoms with Crippen LogP contribution in [0.2, 0.25) is 0 Å². The van der Waals surface area contributed by atoms with Crippen molar-refractivity contribution in [2.24, 2.45) is 0 Å². The maximum Gasteiger partial charge on any atom is 0.0839 e. The highest BCUT2D eigenvalue weighted by atomic mass is 16.3. The predicted molar refractivity (Wildman–Crippen MR) is 72.6 cm³/mol. The van der Waals surface area contributed by atoms with Crippen molar-refractivity contribution in [1.29, 1.82) is 0 Å². The Morgan fingerprint density at radius 3 is 2.83 bits per heavy atom. The van der Waals surface area contributed by atoms with Crippen molar-refractivity contribution in [3.05, 3.63) is 30.3 Å². The summed E-state index contributed by atoms with van der Waals surface area (Å²) in [6.07, 6.45) is 1.26. The van der Waals surface area contributed by atoms with Crippen molar-refractivity contribution in [2.45, 2.75) is 25.0 Å². The van der Waals surface area contributed by atoms with Gasteiger partial charge in [0, 0.05) is 25.3 Å². The van der Waals surface area contributed by atoms with E-state index in [1.807, 2.05) is 30.3 Å². The Balaban J connectivity index is 1.70. The summed E-state index contributed by atoms with van der Waals surface area (Å²) in [5, 5.41) is 22.7. The van der Waals surface area contributed by atoms with Crippen molar-refractivity contribution in [3.8, 4) is 0 Å². The van der Waals surface area contributed by atoms with Crippen LogP contribution in [0.3, 0.4) is 0 Å². The topological polar surface area (TPSA) is 55.7 Å². The third kappa shape index (κ3) is 4.29. The van der Waals surface area contributed by atoms with E-state index in [1.54, 1.807) is 0 Å². The maximum atomic E-state index is 9.96. The van der Waals surface area contributed by atoms with E-state index in [1.165, 1.54) is 0 Å². The number of aliphatic hydroxyl groups is 2. The number of benzene rings is 1. The van der Waals surface area contributed by atoms with Crippen LogP contribution in [0, 0.1) is 0 Å². The molecule has 1 fully saturated rings. The summed E-state index contributed by atoms with van der Waals surface area (Å²) in [4.78, 5) is 2.13. The zero-order valence-corrected chi connectivity index (χ0v) is 10.6. The summed E-state index contributed by atoms with van der Waals surface area (Å²) in [5.74, 6) is 0. The zero-order chi connectivity index (χ0) is 12.8. The first-order chi connectivity index (χ1) is 8.74. The van der Waals surface area contributed by atoms with Crippen LogP contribution in [0.25, 0.3) is 0 Å². The molecule has 1 heterocycles. The lowest BCUT2D eigenvalue weighted by Crippen LogP contribution is -2.43. The van der Waals surface area contributed by atoms with Gasteiger partial charge in [-0.15, -0.1) is 0 Å². The van der Waals surface area contributed by atoms with E-state index < -0.39 is 6.10 Å². The Labute approximate surface area is 108 Å². The highest BCUT2D eigenvalue weighted by Crippen LogP contribution is 2.10. The summed E-state index contributed by atoms with van der Waals surface area (Å²) < 4.78 is 0. The molecule has 0 saturated carbocycles. The van der Waals surface area contributed by atoms with Crippen LogP contribution in [0.15, 0.2) is 30.3 Å². The summed E-state index contributed by atoms with van der Waals surface area (Å²) in [7, 11) is 0. The maximum absolute atomic E-state index is 9.96. The van der Waals surface area contributed by atoms with Crippen LogP contribution in [-0.4, -0.2) is 53.5 Å². The molecule has 0 unspecified atom stereocenters. The van der Waals surface area contributed by atoms with E-state index >= 15 is 0 Å². The fourth-order valence-corrected chi connectivity index (χ4v) is 2.35. The van der Waals surface area contributed by atoms with Crippen molar-refractivity contribution in [3.63, 3.8) is 0 Å². The number of anilines is 1. The van der Waals surface area contributed by atoms with Crippen LogP contribution in [0.5, 0.6) is 0 Å². The van der Waals surface area contributed by atoms with Gasteiger partial charge in [0.2, 0.25) is 0 Å². The number of hydrogen-bond donors (Lipinski definition) is 3. The van der Waals surface area contributed by atoms with Crippen molar-refractivity contribution in [1.82, 2.24) is 4.90 Å². The van der Waals surface area contributed by atoms with Crippen molar-refractivity contribution >= 4 is 5.69 Å². The highest BCUT2D eigenvalue weighted by Gasteiger charge is 2.19. The molecule has 0 aromatic heterocycles. The molecule has 1 aromatic carbocycles. The van der Waals surface area contributed by atoms with Crippen LogP contribution >= 0.6 is 0 Å². The van der Waals surface area contributed by atoms with Gasteiger partial charge in [0.15, 0.2) is 0 Å². The Morgan fingerprint density at radius 2 is 2.11 bits per heavy atom. The molecular weight excluding hydrogens is 228 g/mol. The molecule has 0 radical (unpaired) electrons. The fourth-order valence-electron chi connectivity index (χ4n) is 2.35. The molecule has 0 aliphatic carbocycles. The monoisotopic (exact) mass is 250 g/mol. The molecule has 3 N–H and O–H groups in total. The smallest absolute Gasteiger partial charge is 0.0839 e. The van der Waals surface area contributed by atoms with E-state index in [9.17, 15) is 10.2 Å². The van der Waals surface area contributed by atoms with E-state index in [-0.39, 0.29) is 6.10 Å². The number of β-amino-alcohol motifs (C(OH)–C–C–N with tert-alkyl or cyclic N) is 2. The number of aliphatic hydroxyl groups excluding tert-OH is 2. The van der Waals surface area contributed by atoms with Crippen LogP contribution in [0.4, 0.5) is 5.69 Å². The Bertz CT molecular complexity index is 345. The molecule has 1 aromatic rings. The average Bonchev–Trinajstić information content (AvgIpc) is 2.38. The third-order valence-corrected chi connectivity index (χ3v) is 3.27. The third-order valence-electron chi connectivity index (χ3n) is 3.27. The largest absolute Gasteiger partial charge is 0.392 e. The van der Waals surface area contributed by atoms with Gasteiger partial charge in [-0.1, -0.05) is 18.2 Å². The Morgan fingerprint density at radius 1 is 1.33 bits per heavy atom. The van der Waals surface area contributed by atoms with Gasteiger partial charge in [0.1, 0.15) is 0 Å². The minimum atomic E-state index is -0.407. The SMILES string of the molecule is O[C@@H]1CCCN(C[C@H](O)CNc2ccccc2)C1. The molecular formula is C14H22N2O2. The summed E-state index contributed by atoms with van der Waals surface area (Å²) in [6.45, 7) is 2.81. The summed E-state index contributed by atoms with van der Waals surface area (Å²) >= 11 is 0. The standard InChI is InChI=1S/C14H22N2O2/c17-13-7-4-8-16(10-13)11-14(18)9-15-12-5-2-1-3-6-12/h1-3,5-6,13-15,17-18H,4,7-11H2/t13-,14-/m1/s1. The predicted octanol–water partition coefficient (Wildman–Crippen LogP) is 0.916. The number of para-hydroxylation sites is 1. The molecule has 0 spiro atoms. The molecule has 0 bridgehead atoms. The first kappa shape index (κ1) is 13.3. The second-order valence-electron chi connectivity index (χ2n) is 4.96. The lowest BCUT2D eigenvalue weighted by atomic mass is 10.1. The molecule has 4 nitrogen and oxygen atoms in total. The van der Waals surface area contributed by atoms with Crippen LogP contribution in [0.1, 0.15) is 12.8 Å². The normalized spacial score (nSPS) is 22.7. The molecule has 2 rings (SSSR count). The number of hydrogen-bond acceptors (Lipinski definition) is 4. The molecule has 1 aliphatic rings. The summed E-state index contributed by atoms with van der Waals surface area (Å²) in [6, 6.07) is 9.87. The van der Waals surface area contributed by atoms with E-state index in [4.69, 9.17) is 0 Å². The number of nitrogens with one attached hydrogen (secondary N) is 1. The minimum Gasteiger partial charge on any atom is -0.392 e. The van der Waals surface area contributed by atoms with Crippen molar-refractivity contribution < 1.29 is 10.2 Å². The van der Waals surface area contributed by atoms with Gasteiger partial charge in [-0.05, 0) is 31.5 Å². The summed E-state index contributed by atoms with van der Waals surface area (Å²) in [5.41, 5.74) is 1.02. The quantitative estimate of drug-likeness (QED) is 0.727. The minimum absolute atomic E-state index is 0.229. The van der Waals surface area contributed by atoms with Gasteiger partial charge >= 0.3 is 0 Å².